The Labute approximate surface area is 144 Å². The first-order chi connectivity index (χ1) is 11.3. The molecule has 2 aromatic rings. The predicted molar refractivity (Wildman–Crippen MR) is 99.2 cm³/mol. The number of nitrogens with one attached hydrogen (secondary N) is 1. The quantitative estimate of drug-likeness (QED) is 0.640. The minimum absolute atomic E-state index is 0.0261. The number of hydrogen-bond acceptors (Lipinski definition) is 3. The van der Waals surface area contributed by atoms with E-state index in [-0.39, 0.29) is 11.3 Å². The fourth-order valence-electron chi connectivity index (χ4n) is 2.43. The van der Waals surface area contributed by atoms with Crippen LogP contribution >= 0.6 is 0 Å². The van der Waals surface area contributed by atoms with Gasteiger partial charge in [-0.05, 0) is 57.5 Å². The highest BCUT2D eigenvalue weighted by Gasteiger charge is 2.19. The lowest BCUT2D eigenvalue weighted by molar-refractivity contribution is 0.103. The second kappa shape index (κ2) is 7.35. The lowest BCUT2D eigenvalue weighted by atomic mass is 9.97. The standard InChI is InChI=1S/C21H25NO2/c1-15(20(23)17-9-7-6-8-10-17)19(22-21(2,3)4)16-11-13-18(24-5)14-12-16/h6-14,22H,1-5H3/b19-15-. The van der Waals surface area contributed by atoms with Crippen molar-refractivity contribution >= 4 is 11.5 Å². The number of Topliss-reactive ketones (excluding diaryl/α,β-unsaturated/α-hetero) is 1. The molecule has 0 atom stereocenters. The molecule has 126 valence electrons. The van der Waals surface area contributed by atoms with E-state index in [0.29, 0.717) is 11.1 Å². The van der Waals surface area contributed by atoms with Crippen LogP contribution in [0, 0.1) is 0 Å². The molecule has 0 fully saturated rings. The first kappa shape index (κ1) is 17.8. The molecule has 0 unspecified atom stereocenters. The van der Waals surface area contributed by atoms with Crippen LogP contribution in [-0.4, -0.2) is 18.4 Å². The van der Waals surface area contributed by atoms with Crippen molar-refractivity contribution < 1.29 is 9.53 Å². The van der Waals surface area contributed by atoms with Crippen molar-refractivity contribution in [1.29, 1.82) is 0 Å². The molecule has 0 spiro atoms. The SMILES string of the molecule is COc1ccc(/C(NC(C)(C)C)=C(\C)C(=O)c2ccccc2)cc1. The largest absolute Gasteiger partial charge is 0.497 e. The van der Waals surface area contributed by atoms with Crippen LogP contribution in [-0.2, 0) is 0 Å². The van der Waals surface area contributed by atoms with Gasteiger partial charge in [-0.3, -0.25) is 4.79 Å². The van der Waals surface area contributed by atoms with Gasteiger partial charge in [0.2, 0.25) is 0 Å². The fourth-order valence-corrected chi connectivity index (χ4v) is 2.43. The summed E-state index contributed by atoms with van der Waals surface area (Å²) in [6.07, 6.45) is 0. The van der Waals surface area contributed by atoms with E-state index in [1.54, 1.807) is 7.11 Å². The molecular weight excluding hydrogens is 298 g/mol. The number of carbonyl (C=O) groups excluding carboxylic acids is 1. The molecule has 0 aromatic heterocycles. The van der Waals surface area contributed by atoms with Gasteiger partial charge >= 0.3 is 0 Å². The predicted octanol–water partition coefficient (Wildman–Crippen LogP) is 4.70. The highest BCUT2D eigenvalue weighted by molar-refractivity contribution is 6.12. The number of allylic oxidation sites excluding steroid dienone is 1. The monoisotopic (exact) mass is 323 g/mol. The van der Waals surface area contributed by atoms with Gasteiger partial charge in [0.1, 0.15) is 5.75 Å². The average Bonchev–Trinajstić information content (AvgIpc) is 2.58. The van der Waals surface area contributed by atoms with Crippen molar-refractivity contribution in [3.8, 4) is 5.75 Å². The third-order valence-electron chi connectivity index (χ3n) is 3.63. The molecular formula is C21H25NO2. The van der Waals surface area contributed by atoms with E-state index in [2.05, 4.69) is 26.1 Å². The normalized spacial score (nSPS) is 12.4. The maximum atomic E-state index is 12.8. The second-order valence-corrected chi connectivity index (χ2v) is 6.80. The van der Waals surface area contributed by atoms with E-state index in [0.717, 1.165) is 17.0 Å². The van der Waals surface area contributed by atoms with Crippen molar-refractivity contribution in [3.63, 3.8) is 0 Å². The molecule has 0 aliphatic carbocycles. The van der Waals surface area contributed by atoms with Gasteiger partial charge in [0.15, 0.2) is 5.78 Å². The van der Waals surface area contributed by atoms with Gasteiger partial charge in [-0.15, -0.1) is 0 Å². The summed E-state index contributed by atoms with van der Waals surface area (Å²) in [5.41, 5.74) is 3.04. The number of rotatable bonds is 5. The van der Waals surface area contributed by atoms with E-state index in [1.165, 1.54) is 0 Å². The van der Waals surface area contributed by atoms with Crippen LogP contribution in [0.1, 0.15) is 43.6 Å². The summed E-state index contributed by atoms with van der Waals surface area (Å²) in [6.45, 7) is 8.11. The van der Waals surface area contributed by atoms with Gasteiger partial charge in [-0.2, -0.15) is 0 Å². The molecule has 1 N–H and O–H groups in total. The molecule has 0 saturated carbocycles. The Morgan fingerprint density at radius 3 is 2.00 bits per heavy atom. The van der Waals surface area contributed by atoms with Crippen molar-refractivity contribution in [3.05, 3.63) is 71.3 Å². The van der Waals surface area contributed by atoms with Crippen molar-refractivity contribution in [2.45, 2.75) is 33.2 Å². The molecule has 2 aromatic carbocycles. The molecule has 3 nitrogen and oxygen atoms in total. The summed E-state index contributed by atoms with van der Waals surface area (Å²) in [5.74, 6) is 0.819. The first-order valence-corrected chi connectivity index (χ1v) is 8.05. The molecule has 0 aliphatic rings. The Kier molecular flexibility index (Phi) is 5.45. The van der Waals surface area contributed by atoms with Gasteiger partial charge in [0.05, 0.1) is 7.11 Å². The Balaban J connectivity index is 2.49. The zero-order valence-corrected chi connectivity index (χ0v) is 15.0. The van der Waals surface area contributed by atoms with Crippen LogP contribution in [0.5, 0.6) is 5.75 Å². The number of carbonyl (C=O) groups is 1. The third kappa shape index (κ3) is 4.48. The van der Waals surface area contributed by atoms with Crippen LogP contribution in [0.3, 0.4) is 0 Å². The highest BCUT2D eigenvalue weighted by atomic mass is 16.5. The molecule has 0 amide bonds. The minimum atomic E-state index is -0.159. The van der Waals surface area contributed by atoms with E-state index in [4.69, 9.17) is 4.74 Å². The number of benzene rings is 2. The van der Waals surface area contributed by atoms with E-state index >= 15 is 0 Å². The number of hydrogen-bond donors (Lipinski definition) is 1. The van der Waals surface area contributed by atoms with Gasteiger partial charge in [0.25, 0.3) is 0 Å². The molecule has 3 heteroatoms. The second-order valence-electron chi connectivity index (χ2n) is 6.80. The molecule has 0 saturated heterocycles. The Morgan fingerprint density at radius 2 is 1.50 bits per heavy atom. The van der Waals surface area contributed by atoms with Gasteiger partial charge < -0.3 is 10.1 Å². The van der Waals surface area contributed by atoms with Crippen LogP contribution < -0.4 is 10.1 Å². The van der Waals surface area contributed by atoms with Crippen LogP contribution in [0.2, 0.25) is 0 Å². The summed E-state index contributed by atoms with van der Waals surface area (Å²) in [4.78, 5) is 12.8. The summed E-state index contributed by atoms with van der Waals surface area (Å²) in [5, 5.41) is 3.48. The third-order valence-corrected chi connectivity index (χ3v) is 3.63. The van der Waals surface area contributed by atoms with Crippen LogP contribution in [0.4, 0.5) is 0 Å². The average molecular weight is 323 g/mol. The Morgan fingerprint density at radius 1 is 0.917 bits per heavy atom. The maximum absolute atomic E-state index is 12.8. The van der Waals surface area contributed by atoms with Crippen LogP contribution in [0.15, 0.2) is 60.2 Å². The zero-order valence-electron chi connectivity index (χ0n) is 15.0. The van der Waals surface area contributed by atoms with Crippen LogP contribution in [0.25, 0.3) is 5.70 Å². The van der Waals surface area contributed by atoms with Crippen molar-refractivity contribution in [2.75, 3.05) is 7.11 Å². The molecule has 0 aliphatic heterocycles. The van der Waals surface area contributed by atoms with E-state index in [1.807, 2.05) is 61.5 Å². The summed E-state index contributed by atoms with van der Waals surface area (Å²) in [7, 11) is 1.64. The Bertz CT molecular complexity index is 723. The van der Waals surface area contributed by atoms with Gasteiger partial charge in [-0.1, -0.05) is 30.3 Å². The summed E-state index contributed by atoms with van der Waals surface area (Å²) in [6, 6.07) is 17.1. The lowest BCUT2D eigenvalue weighted by Crippen LogP contribution is -2.35. The minimum Gasteiger partial charge on any atom is -0.497 e. The first-order valence-electron chi connectivity index (χ1n) is 8.05. The highest BCUT2D eigenvalue weighted by Crippen LogP contribution is 2.24. The topological polar surface area (TPSA) is 38.3 Å². The molecule has 2 rings (SSSR count). The van der Waals surface area contributed by atoms with Crippen molar-refractivity contribution in [1.82, 2.24) is 5.32 Å². The zero-order chi connectivity index (χ0) is 17.7. The number of ketones is 1. The van der Waals surface area contributed by atoms with E-state index in [9.17, 15) is 4.79 Å². The number of ether oxygens (including phenoxy) is 1. The number of methoxy groups -OCH3 is 1. The lowest BCUT2D eigenvalue weighted by Gasteiger charge is -2.26. The summed E-state index contributed by atoms with van der Waals surface area (Å²) >= 11 is 0. The smallest absolute Gasteiger partial charge is 0.190 e. The van der Waals surface area contributed by atoms with Gasteiger partial charge in [0, 0.05) is 22.4 Å². The fraction of sp³-hybridized carbons (Fsp3) is 0.286. The molecule has 0 heterocycles. The molecule has 0 bridgehead atoms. The Hall–Kier alpha value is -2.55. The summed E-state index contributed by atoms with van der Waals surface area (Å²) < 4.78 is 5.22. The maximum Gasteiger partial charge on any atom is 0.190 e. The molecule has 0 radical (unpaired) electrons. The molecule has 24 heavy (non-hydrogen) atoms. The van der Waals surface area contributed by atoms with Crippen molar-refractivity contribution in [2.24, 2.45) is 0 Å². The van der Waals surface area contributed by atoms with Gasteiger partial charge in [-0.25, -0.2) is 0 Å². The van der Waals surface area contributed by atoms with E-state index < -0.39 is 0 Å².